The first kappa shape index (κ1) is 22.0. The van der Waals surface area contributed by atoms with E-state index in [4.69, 9.17) is 5.11 Å². The predicted octanol–water partition coefficient (Wildman–Crippen LogP) is 2.22. The molecule has 1 aliphatic heterocycles. The van der Waals surface area contributed by atoms with Crippen molar-refractivity contribution in [2.75, 3.05) is 17.3 Å². The highest BCUT2D eigenvalue weighted by Crippen LogP contribution is 2.41. The van der Waals surface area contributed by atoms with Crippen LogP contribution in [0, 0.1) is 20.2 Å². The van der Waals surface area contributed by atoms with Crippen LogP contribution in [0.3, 0.4) is 0 Å². The molecule has 0 bridgehead atoms. The lowest BCUT2D eigenvalue weighted by molar-refractivity contribution is -0.390. The number of hydrogen-bond acceptors (Lipinski definition) is 9. The summed E-state index contributed by atoms with van der Waals surface area (Å²) in [6, 6.07) is 8.99. The van der Waals surface area contributed by atoms with Gasteiger partial charge in [0.2, 0.25) is 0 Å². The van der Waals surface area contributed by atoms with E-state index in [1.54, 1.807) is 0 Å². The van der Waals surface area contributed by atoms with Crippen LogP contribution in [0.25, 0.3) is 10.8 Å². The second-order valence-corrected chi connectivity index (χ2v) is 9.12. The third-order valence-electron chi connectivity index (χ3n) is 5.19. The predicted molar refractivity (Wildman–Crippen MR) is 114 cm³/mol. The maximum atomic E-state index is 13.2. The third kappa shape index (κ3) is 3.39. The third-order valence-corrected chi connectivity index (χ3v) is 6.90. The number of carbonyl (C=O) groups excluding carboxylic acids is 2. The number of amides is 2. The molecule has 0 spiro atoms. The number of non-ortho nitro benzene ring substituents is 2. The highest BCUT2D eigenvalue weighted by atomic mass is 32.2. The Morgan fingerprint density at radius 1 is 0.788 bits per heavy atom. The molecule has 0 aliphatic carbocycles. The summed E-state index contributed by atoms with van der Waals surface area (Å²) in [7, 11) is -3.76. The van der Waals surface area contributed by atoms with Gasteiger partial charge in [-0.25, -0.2) is 13.3 Å². The fourth-order valence-corrected chi connectivity index (χ4v) is 4.76. The van der Waals surface area contributed by atoms with E-state index in [1.165, 1.54) is 24.3 Å². The second kappa shape index (κ2) is 7.72. The Bertz CT molecular complexity index is 1410. The van der Waals surface area contributed by atoms with Crippen LogP contribution in [-0.2, 0) is 9.84 Å². The van der Waals surface area contributed by atoms with Gasteiger partial charge < -0.3 is 5.11 Å². The molecule has 0 radical (unpaired) electrons. The number of aliphatic hydroxyl groups excluding tert-OH is 1. The van der Waals surface area contributed by atoms with Crippen molar-refractivity contribution in [1.82, 2.24) is 0 Å². The molecule has 0 unspecified atom stereocenters. The van der Waals surface area contributed by atoms with Crippen molar-refractivity contribution >= 4 is 49.5 Å². The number of benzene rings is 3. The standard InChI is InChI=1S/C20H13N3O9S/c24-9-10-33(31,32)12-3-1-11(2-4-12)21-19(25)13-5-7-15(22(27)28)18-16(23(29)30)8-6-14(17(13)18)20(21)26/h1-8,24H,9-10H2. The van der Waals surface area contributed by atoms with E-state index in [0.717, 1.165) is 29.2 Å². The van der Waals surface area contributed by atoms with E-state index in [-0.39, 0.29) is 27.1 Å². The molecule has 0 fully saturated rings. The average molecular weight is 471 g/mol. The van der Waals surface area contributed by atoms with E-state index in [2.05, 4.69) is 0 Å². The maximum Gasteiger partial charge on any atom is 0.284 e. The van der Waals surface area contributed by atoms with Gasteiger partial charge in [0.05, 0.1) is 32.8 Å². The summed E-state index contributed by atoms with van der Waals surface area (Å²) in [6.07, 6.45) is 0. The van der Waals surface area contributed by atoms with Gasteiger partial charge in [-0.1, -0.05) is 0 Å². The molecule has 1 N–H and O–H groups in total. The van der Waals surface area contributed by atoms with E-state index in [9.17, 15) is 38.2 Å². The minimum atomic E-state index is -3.76. The summed E-state index contributed by atoms with van der Waals surface area (Å²) in [5, 5.41) is 31.2. The lowest BCUT2D eigenvalue weighted by Gasteiger charge is -2.27. The largest absolute Gasteiger partial charge is 0.395 e. The molecule has 0 saturated carbocycles. The van der Waals surface area contributed by atoms with Crippen molar-refractivity contribution in [1.29, 1.82) is 0 Å². The zero-order valence-electron chi connectivity index (χ0n) is 16.5. The summed E-state index contributed by atoms with van der Waals surface area (Å²) < 4.78 is 24.2. The summed E-state index contributed by atoms with van der Waals surface area (Å²) in [4.78, 5) is 48.3. The van der Waals surface area contributed by atoms with Crippen LogP contribution < -0.4 is 4.90 Å². The van der Waals surface area contributed by atoms with E-state index in [0.29, 0.717) is 0 Å². The number of sulfone groups is 1. The summed E-state index contributed by atoms with van der Waals surface area (Å²) in [5.74, 6) is -2.25. The van der Waals surface area contributed by atoms with E-state index in [1.807, 2.05) is 0 Å². The molecule has 12 nitrogen and oxygen atoms in total. The molecule has 1 aliphatic rings. The first-order valence-corrected chi connectivity index (χ1v) is 10.9. The van der Waals surface area contributed by atoms with Gasteiger partial charge in [-0.2, -0.15) is 0 Å². The molecule has 0 aromatic heterocycles. The lowest BCUT2D eigenvalue weighted by Crippen LogP contribution is -2.40. The van der Waals surface area contributed by atoms with Crippen molar-refractivity contribution in [2.45, 2.75) is 4.90 Å². The molecule has 3 aromatic rings. The van der Waals surface area contributed by atoms with Gasteiger partial charge in [-0.15, -0.1) is 0 Å². The molecule has 2 amide bonds. The fraction of sp³-hybridized carbons (Fsp3) is 0.100. The molecular weight excluding hydrogens is 458 g/mol. The number of carbonyl (C=O) groups is 2. The second-order valence-electron chi connectivity index (χ2n) is 7.01. The molecule has 13 heteroatoms. The Morgan fingerprint density at radius 3 is 1.70 bits per heavy atom. The monoisotopic (exact) mass is 471 g/mol. The number of nitro benzene ring substituents is 2. The number of imide groups is 1. The Labute approximate surface area is 184 Å². The Hall–Kier alpha value is -4.23. The molecule has 33 heavy (non-hydrogen) atoms. The van der Waals surface area contributed by atoms with Gasteiger partial charge in [0.25, 0.3) is 23.2 Å². The normalized spacial score (nSPS) is 13.4. The minimum absolute atomic E-state index is 0.0310. The first-order valence-electron chi connectivity index (χ1n) is 9.29. The highest BCUT2D eigenvalue weighted by Gasteiger charge is 2.38. The van der Waals surface area contributed by atoms with Crippen molar-refractivity contribution < 1.29 is 33.0 Å². The lowest BCUT2D eigenvalue weighted by atomic mass is 9.91. The summed E-state index contributed by atoms with van der Waals surface area (Å²) in [6.45, 7) is -0.577. The van der Waals surface area contributed by atoms with Gasteiger partial charge in [-0.05, 0) is 36.4 Å². The topological polar surface area (TPSA) is 178 Å². The van der Waals surface area contributed by atoms with Crippen LogP contribution in [0.4, 0.5) is 17.1 Å². The number of anilines is 1. The van der Waals surface area contributed by atoms with Gasteiger partial charge >= 0.3 is 0 Å². The highest BCUT2D eigenvalue weighted by molar-refractivity contribution is 7.91. The number of nitrogens with zero attached hydrogens (tertiary/aromatic N) is 3. The van der Waals surface area contributed by atoms with Crippen LogP contribution in [0.1, 0.15) is 20.7 Å². The van der Waals surface area contributed by atoms with Gasteiger partial charge in [0, 0.05) is 28.6 Å². The van der Waals surface area contributed by atoms with E-state index < -0.39 is 60.6 Å². The quantitative estimate of drug-likeness (QED) is 0.320. The zero-order chi connectivity index (χ0) is 24.1. The molecule has 3 aromatic carbocycles. The maximum absolute atomic E-state index is 13.2. The summed E-state index contributed by atoms with van der Waals surface area (Å²) in [5.41, 5.74) is -1.50. The van der Waals surface area contributed by atoms with Gasteiger partial charge in [0.1, 0.15) is 5.39 Å². The Balaban J connectivity index is 1.90. The van der Waals surface area contributed by atoms with Gasteiger partial charge in [-0.3, -0.25) is 29.8 Å². The molecule has 0 saturated heterocycles. The molecule has 0 atom stereocenters. The Morgan fingerprint density at radius 2 is 1.27 bits per heavy atom. The number of rotatable bonds is 6. The van der Waals surface area contributed by atoms with Crippen LogP contribution >= 0.6 is 0 Å². The number of nitro groups is 2. The SMILES string of the molecule is O=C1c2ccc([N+](=O)[O-])c3c([N+](=O)[O-])ccc(c23)C(=O)N1c1ccc(S(=O)(=O)CCO)cc1. The van der Waals surface area contributed by atoms with Crippen LogP contribution in [0.5, 0.6) is 0 Å². The van der Waals surface area contributed by atoms with Crippen molar-refractivity contribution in [2.24, 2.45) is 0 Å². The molecule has 4 rings (SSSR count). The number of aliphatic hydroxyl groups is 1. The summed E-state index contributed by atoms with van der Waals surface area (Å²) >= 11 is 0. The van der Waals surface area contributed by atoms with E-state index >= 15 is 0 Å². The van der Waals surface area contributed by atoms with Crippen LogP contribution in [-0.4, -0.2) is 47.5 Å². The Kier molecular flexibility index (Phi) is 5.14. The molecule has 168 valence electrons. The molecular formula is C20H13N3O9S. The first-order chi connectivity index (χ1) is 15.6. The minimum Gasteiger partial charge on any atom is -0.395 e. The van der Waals surface area contributed by atoms with Crippen molar-refractivity contribution in [3.05, 3.63) is 79.9 Å². The fourth-order valence-electron chi connectivity index (χ4n) is 3.73. The number of hydrogen-bond donors (Lipinski definition) is 1. The van der Waals surface area contributed by atoms with Gasteiger partial charge in [0.15, 0.2) is 9.84 Å². The zero-order valence-corrected chi connectivity index (χ0v) is 17.3. The average Bonchev–Trinajstić information content (AvgIpc) is 2.76. The van der Waals surface area contributed by atoms with Crippen LogP contribution in [0.2, 0.25) is 0 Å². The van der Waals surface area contributed by atoms with Crippen LogP contribution in [0.15, 0.2) is 53.4 Å². The smallest absolute Gasteiger partial charge is 0.284 e. The molecule has 1 heterocycles. The van der Waals surface area contributed by atoms with Crippen molar-refractivity contribution in [3.8, 4) is 0 Å². The van der Waals surface area contributed by atoms with Crippen molar-refractivity contribution in [3.63, 3.8) is 0 Å².